The fourth-order valence-electron chi connectivity index (χ4n) is 3.52. The SMILES string of the molecule is COc1ccc(N2C(N)=NCC23CCCCCC3)cc1. The Morgan fingerprint density at radius 2 is 1.75 bits per heavy atom. The van der Waals surface area contributed by atoms with Crippen molar-refractivity contribution in [1.82, 2.24) is 0 Å². The smallest absolute Gasteiger partial charge is 0.196 e. The molecule has 1 spiro atoms. The molecule has 1 heterocycles. The maximum absolute atomic E-state index is 6.18. The van der Waals surface area contributed by atoms with Gasteiger partial charge in [0.15, 0.2) is 5.96 Å². The van der Waals surface area contributed by atoms with Crippen LogP contribution in [-0.2, 0) is 0 Å². The number of nitrogens with two attached hydrogens (primary N) is 1. The normalized spacial score (nSPS) is 21.6. The number of rotatable bonds is 2. The number of nitrogens with zero attached hydrogens (tertiary/aromatic N) is 2. The largest absolute Gasteiger partial charge is 0.497 e. The van der Waals surface area contributed by atoms with Crippen molar-refractivity contribution < 1.29 is 4.74 Å². The molecule has 0 radical (unpaired) electrons. The lowest BCUT2D eigenvalue weighted by Gasteiger charge is -2.39. The highest BCUT2D eigenvalue weighted by atomic mass is 16.5. The Morgan fingerprint density at radius 3 is 2.35 bits per heavy atom. The van der Waals surface area contributed by atoms with E-state index in [-0.39, 0.29) is 5.54 Å². The first-order valence-corrected chi connectivity index (χ1v) is 7.49. The second-order valence-corrected chi connectivity index (χ2v) is 5.85. The molecule has 1 fully saturated rings. The molecule has 108 valence electrons. The van der Waals surface area contributed by atoms with Crippen LogP contribution >= 0.6 is 0 Å². The zero-order valence-corrected chi connectivity index (χ0v) is 12.1. The number of guanidine groups is 1. The quantitative estimate of drug-likeness (QED) is 0.901. The molecule has 1 saturated carbocycles. The van der Waals surface area contributed by atoms with Crippen LogP contribution in [0.15, 0.2) is 29.3 Å². The van der Waals surface area contributed by atoms with Gasteiger partial charge >= 0.3 is 0 Å². The number of methoxy groups -OCH3 is 1. The third-order valence-corrected chi connectivity index (χ3v) is 4.60. The van der Waals surface area contributed by atoms with E-state index < -0.39 is 0 Å². The molecule has 4 heteroatoms. The van der Waals surface area contributed by atoms with Gasteiger partial charge in [-0.25, -0.2) is 0 Å². The molecule has 0 bridgehead atoms. The molecule has 1 aromatic carbocycles. The van der Waals surface area contributed by atoms with Crippen LogP contribution in [0.3, 0.4) is 0 Å². The molecule has 2 N–H and O–H groups in total. The van der Waals surface area contributed by atoms with Gasteiger partial charge in [0.2, 0.25) is 0 Å². The lowest BCUT2D eigenvalue weighted by atomic mass is 9.89. The van der Waals surface area contributed by atoms with Gasteiger partial charge in [-0.05, 0) is 37.1 Å². The summed E-state index contributed by atoms with van der Waals surface area (Å²) in [6.07, 6.45) is 7.58. The molecule has 2 aliphatic rings. The van der Waals surface area contributed by atoms with E-state index >= 15 is 0 Å². The summed E-state index contributed by atoms with van der Waals surface area (Å²) in [7, 11) is 1.69. The highest BCUT2D eigenvalue weighted by Gasteiger charge is 2.42. The van der Waals surface area contributed by atoms with E-state index in [1.165, 1.54) is 38.5 Å². The number of anilines is 1. The minimum absolute atomic E-state index is 0.106. The number of aliphatic imine (C=N–C) groups is 1. The third-order valence-electron chi connectivity index (χ3n) is 4.60. The average molecular weight is 273 g/mol. The van der Waals surface area contributed by atoms with Crippen LogP contribution < -0.4 is 15.4 Å². The van der Waals surface area contributed by atoms with Gasteiger partial charge in [-0.15, -0.1) is 0 Å². The van der Waals surface area contributed by atoms with Crippen LogP contribution in [0.25, 0.3) is 0 Å². The van der Waals surface area contributed by atoms with Crippen LogP contribution in [0, 0.1) is 0 Å². The molecule has 4 nitrogen and oxygen atoms in total. The van der Waals surface area contributed by atoms with Crippen LogP contribution in [0.2, 0.25) is 0 Å². The summed E-state index contributed by atoms with van der Waals surface area (Å²) in [5.41, 5.74) is 7.42. The van der Waals surface area contributed by atoms with Gasteiger partial charge in [0.05, 0.1) is 19.2 Å². The maximum atomic E-state index is 6.18. The number of hydrogen-bond donors (Lipinski definition) is 1. The van der Waals surface area contributed by atoms with Gasteiger partial charge in [0.1, 0.15) is 5.75 Å². The summed E-state index contributed by atoms with van der Waals surface area (Å²) in [4.78, 5) is 6.81. The summed E-state index contributed by atoms with van der Waals surface area (Å²) >= 11 is 0. The van der Waals surface area contributed by atoms with E-state index in [0.717, 1.165) is 18.0 Å². The van der Waals surface area contributed by atoms with Crippen LogP contribution in [0.5, 0.6) is 5.75 Å². The maximum Gasteiger partial charge on any atom is 0.196 e. The van der Waals surface area contributed by atoms with E-state index in [4.69, 9.17) is 10.5 Å². The van der Waals surface area contributed by atoms with Crippen molar-refractivity contribution in [2.75, 3.05) is 18.6 Å². The molecule has 3 rings (SSSR count). The van der Waals surface area contributed by atoms with Crippen molar-refractivity contribution in [3.8, 4) is 5.75 Å². The van der Waals surface area contributed by atoms with E-state index in [2.05, 4.69) is 22.0 Å². The van der Waals surface area contributed by atoms with Crippen LogP contribution in [0.4, 0.5) is 5.69 Å². The second-order valence-electron chi connectivity index (χ2n) is 5.85. The van der Waals surface area contributed by atoms with E-state index in [1.54, 1.807) is 7.11 Å². The van der Waals surface area contributed by atoms with Gasteiger partial charge in [-0.3, -0.25) is 4.99 Å². The Morgan fingerprint density at radius 1 is 1.10 bits per heavy atom. The molecule has 0 saturated heterocycles. The lowest BCUT2D eigenvalue weighted by Crippen LogP contribution is -2.51. The number of ether oxygens (including phenoxy) is 1. The van der Waals surface area contributed by atoms with Gasteiger partial charge < -0.3 is 15.4 Å². The second kappa shape index (κ2) is 5.35. The first-order valence-electron chi connectivity index (χ1n) is 7.49. The van der Waals surface area contributed by atoms with Crippen molar-refractivity contribution in [3.05, 3.63) is 24.3 Å². The number of hydrogen-bond acceptors (Lipinski definition) is 4. The van der Waals surface area contributed by atoms with Gasteiger partial charge in [-0.2, -0.15) is 0 Å². The standard InChI is InChI=1S/C16H23N3O/c1-20-14-8-6-13(7-9-14)19-15(17)18-12-16(19)10-4-2-3-5-11-16/h6-9H,2-5,10-12H2,1H3,(H2,17,18). The molecular weight excluding hydrogens is 250 g/mol. The molecule has 0 atom stereocenters. The Hall–Kier alpha value is -1.71. The van der Waals surface area contributed by atoms with E-state index in [9.17, 15) is 0 Å². The summed E-state index contributed by atoms with van der Waals surface area (Å²) in [5, 5.41) is 0. The van der Waals surface area contributed by atoms with Crippen molar-refractivity contribution >= 4 is 11.6 Å². The Balaban J connectivity index is 1.92. The first-order chi connectivity index (χ1) is 9.75. The number of benzene rings is 1. The topological polar surface area (TPSA) is 50.9 Å². The van der Waals surface area contributed by atoms with Crippen LogP contribution in [0.1, 0.15) is 38.5 Å². The minimum Gasteiger partial charge on any atom is -0.497 e. The van der Waals surface area contributed by atoms with Gasteiger partial charge in [-0.1, -0.05) is 25.7 Å². The third kappa shape index (κ3) is 2.23. The molecule has 0 amide bonds. The zero-order chi connectivity index (χ0) is 14.0. The van der Waals surface area contributed by atoms with Gasteiger partial charge in [0.25, 0.3) is 0 Å². The lowest BCUT2D eigenvalue weighted by molar-refractivity contribution is 0.399. The van der Waals surface area contributed by atoms with Crippen molar-refractivity contribution in [1.29, 1.82) is 0 Å². The predicted octanol–water partition coefficient (Wildman–Crippen LogP) is 2.92. The molecule has 0 unspecified atom stereocenters. The summed E-state index contributed by atoms with van der Waals surface area (Å²) in [5.74, 6) is 1.54. The molecule has 20 heavy (non-hydrogen) atoms. The average Bonchev–Trinajstić information content (AvgIpc) is 2.65. The fourth-order valence-corrected chi connectivity index (χ4v) is 3.52. The van der Waals surface area contributed by atoms with Crippen molar-refractivity contribution in [2.24, 2.45) is 10.7 Å². The summed E-state index contributed by atoms with van der Waals surface area (Å²) < 4.78 is 5.24. The highest BCUT2D eigenvalue weighted by molar-refractivity contribution is 5.98. The van der Waals surface area contributed by atoms with Crippen molar-refractivity contribution in [2.45, 2.75) is 44.1 Å². The Labute approximate surface area is 120 Å². The van der Waals surface area contributed by atoms with Crippen LogP contribution in [-0.4, -0.2) is 25.2 Å². The predicted molar refractivity (Wildman–Crippen MR) is 82.4 cm³/mol. The van der Waals surface area contributed by atoms with E-state index in [0.29, 0.717) is 5.96 Å². The zero-order valence-electron chi connectivity index (χ0n) is 12.1. The molecular formula is C16H23N3O. The molecule has 1 aliphatic carbocycles. The monoisotopic (exact) mass is 273 g/mol. The summed E-state index contributed by atoms with van der Waals surface area (Å²) in [6.45, 7) is 0.838. The molecule has 1 aromatic rings. The summed E-state index contributed by atoms with van der Waals surface area (Å²) in [6, 6.07) is 8.15. The Bertz CT molecular complexity index is 487. The highest BCUT2D eigenvalue weighted by Crippen LogP contribution is 2.39. The first kappa shape index (κ1) is 13.3. The van der Waals surface area contributed by atoms with Crippen molar-refractivity contribution in [3.63, 3.8) is 0 Å². The van der Waals surface area contributed by atoms with E-state index in [1.807, 2.05) is 12.1 Å². The Kier molecular flexibility index (Phi) is 3.55. The fraction of sp³-hybridized carbons (Fsp3) is 0.562. The molecule has 1 aliphatic heterocycles. The molecule has 0 aromatic heterocycles. The van der Waals surface area contributed by atoms with Gasteiger partial charge in [0, 0.05) is 5.69 Å². The minimum atomic E-state index is 0.106.